The van der Waals surface area contributed by atoms with Crippen LogP contribution in [0.25, 0.3) is 11.1 Å². The van der Waals surface area contributed by atoms with Gasteiger partial charge in [-0.2, -0.15) is 4.98 Å². The van der Waals surface area contributed by atoms with Crippen molar-refractivity contribution in [1.29, 1.82) is 0 Å². The summed E-state index contributed by atoms with van der Waals surface area (Å²) in [5, 5.41) is 9.00. The number of benzene rings is 1. The molecule has 6 heteroatoms. The number of hydrogen-bond donors (Lipinski definition) is 1. The van der Waals surface area contributed by atoms with Gasteiger partial charge in [-0.1, -0.05) is 0 Å². The molecule has 0 aliphatic carbocycles. The predicted molar refractivity (Wildman–Crippen MR) is 77.8 cm³/mol. The molecule has 21 heavy (non-hydrogen) atoms. The van der Waals surface area contributed by atoms with Crippen LogP contribution in [0.1, 0.15) is 30.1 Å². The molecule has 1 saturated heterocycles. The lowest BCUT2D eigenvalue weighted by molar-refractivity contribution is 0.0517. The highest BCUT2D eigenvalue weighted by atomic mass is 16.5. The van der Waals surface area contributed by atoms with E-state index in [4.69, 9.17) is 14.3 Å². The second-order valence-corrected chi connectivity index (χ2v) is 5.15. The molecule has 1 fully saturated rings. The lowest BCUT2D eigenvalue weighted by Gasteiger charge is -2.31. The highest BCUT2D eigenvalue weighted by Gasteiger charge is 2.23. The Labute approximate surface area is 122 Å². The van der Waals surface area contributed by atoms with Crippen molar-refractivity contribution in [1.82, 2.24) is 4.98 Å². The highest BCUT2D eigenvalue weighted by molar-refractivity contribution is 5.92. The number of anilines is 1. The zero-order chi connectivity index (χ0) is 14.8. The summed E-state index contributed by atoms with van der Waals surface area (Å²) < 4.78 is 11.4. The van der Waals surface area contributed by atoms with Gasteiger partial charge < -0.3 is 19.2 Å². The van der Waals surface area contributed by atoms with Crippen LogP contribution in [0.5, 0.6) is 0 Å². The summed E-state index contributed by atoms with van der Waals surface area (Å²) in [5.74, 6) is -0.968. The molecule has 1 unspecified atom stereocenters. The fraction of sp³-hybridized carbons (Fsp3) is 0.467. The quantitative estimate of drug-likeness (QED) is 0.932. The number of rotatable bonds is 4. The van der Waals surface area contributed by atoms with E-state index in [0.29, 0.717) is 23.7 Å². The van der Waals surface area contributed by atoms with Crippen molar-refractivity contribution >= 4 is 23.1 Å². The Bertz CT molecular complexity index is 650. The van der Waals surface area contributed by atoms with Gasteiger partial charge in [0, 0.05) is 19.7 Å². The van der Waals surface area contributed by atoms with Crippen LogP contribution in [0, 0.1) is 0 Å². The maximum atomic E-state index is 11.0. The minimum atomic E-state index is -0.968. The van der Waals surface area contributed by atoms with Gasteiger partial charge in [-0.3, -0.25) is 0 Å². The average Bonchev–Trinajstić information content (AvgIpc) is 2.91. The first-order valence-corrected chi connectivity index (χ1v) is 7.18. The molecule has 1 N–H and O–H groups in total. The maximum Gasteiger partial charge on any atom is 0.335 e. The van der Waals surface area contributed by atoms with Crippen LogP contribution in [0.2, 0.25) is 0 Å². The zero-order valence-corrected chi connectivity index (χ0v) is 11.9. The van der Waals surface area contributed by atoms with Crippen LogP contribution >= 0.6 is 0 Å². The van der Waals surface area contributed by atoms with Crippen molar-refractivity contribution < 1.29 is 19.1 Å². The van der Waals surface area contributed by atoms with Gasteiger partial charge in [-0.25, -0.2) is 4.79 Å². The first kappa shape index (κ1) is 13.9. The Morgan fingerprint density at radius 3 is 3.19 bits per heavy atom. The SMILES string of the molecule is CCOC1CCCN(c2nc3ccc(C(=O)O)cc3o2)C1. The van der Waals surface area contributed by atoms with E-state index in [9.17, 15) is 4.79 Å². The van der Waals surface area contributed by atoms with Crippen molar-refractivity contribution in [3.63, 3.8) is 0 Å². The molecule has 0 radical (unpaired) electrons. The van der Waals surface area contributed by atoms with Crippen LogP contribution < -0.4 is 4.90 Å². The number of oxazole rings is 1. The normalized spacial score (nSPS) is 19.1. The molecule has 0 bridgehead atoms. The Morgan fingerprint density at radius 2 is 2.43 bits per heavy atom. The Morgan fingerprint density at radius 1 is 1.57 bits per heavy atom. The molecule has 1 aliphatic rings. The van der Waals surface area contributed by atoms with E-state index >= 15 is 0 Å². The molecule has 1 atom stereocenters. The monoisotopic (exact) mass is 290 g/mol. The third-order valence-electron chi connectivity index (χ3n) is 3.68. The smallest absolute Gasteiger partial charge is 0.335 e. The number of carbonyl (C=O) groups is 1. The van der Waals surface area contributed by atoms with Gasteiger partial charge in [0.25, 0.3) is 6.01 Å². The van der Waals surface area contributed by atoms with Crippen molar-refractivity contribution in [2.45, 2.75) is 25.9 Å². The van der Waals surface area contributed by atoms with Crippen LogP contribution in [-0.4, -0.2) is 41.9 Å². The van der Waals surface area contributed by atoms with Gasteiger partial charge in [-0.15, -0.1) is 0 Å². The summed E-state index contributed by atoms with van der Waals surface area (Å²) in [5.41, 5.74) is 1.38. The van der Waals surface area contributed by atoms with E-state index in [2.05, 4.69) is 9.88 Å². The molecule has 1 aromatic carbocycles. The molecule has 112 valence electrons. The van der Waals surface area contributed by atoms with Crippen molar-refractivity contribution in [3.05, 3.63) is 23.8 Å². The van der Waals surface area contributed by atoms with Crippen molar-refractivity contribution in [3.8, 4) is 0 Å². The number of ether oxygens (including phenoxy) is 1. The summed E-state index contributed by atoms with van der Waals surface area (Å²) in [6.45, 7) is 4.33. The molecule has 1 aromatic heterocycles. The number of aromatic carboxylic acids is 1. The third-order valence-corrected chi connectivity index (χ3v) is 3.68. The lowest BCUT2D eigenvalue weighted by atomic mass is 10.1. The molecular formula is C15H18N2O4. The van der Waals surface area contributed by atoms with Gasteiger partial charge in [-0.05, 0) is 38.0 Å². The first-order valence-electron chi connectivity index (χ1n) is 7.18. The first-order chi connectivity index (χ1) is 10.2. The summed E-state index contributed by atoms with van der Waals surface area (Å²) in [7, 11) is 0. The van der Waals surface area contributed by atoms with Crippen LogP contribution in [0.4, 0.5) is 6.01 Å². The van der Waals surface area contributed by atoms with E-state index in [1.807, 2.05) is 6.92 Å². The second kappa shape index (κ2) is 5.73. The molecule has 3 rings (SSSR count). The summed E-state index contributed by atoms with van der Waals surface area (Å²) in [4.78, 5) is 17.5. The van der Waals surface area contributed by atoms with Crippen LogP contribution in [-0.2, 0) is 4.74 Å². The fourth-order valence-electron chi connectivity index (χ4n) is 2.66. The zero-order valence-electron chi connectivity index (χ0n) is 11.9. The number of carboxylic acids is 1. The van der Waals surface area contributed by atoms with Gasteiger partial charge in [0.15, 0.2) is 5.58 Å². The fourth-order valence-corrected chi connectivity index (χ4v) is 2.66. The van der Waals surface area contributed by atoms with Crippen LogP contribution in [0.15, 0.2) is 22.6 Å². The predicted octanol–water partition coefficient (Wildman–Crippen LogP) is 2.53. The molecule has 0 saturated carbocycles. The number of nitrogens with zero attached hydrogens (tertiary/aromatic N) is 2. The molecule has 6 nitrogen and oxygen atoms in total. The number of fused-ring (bicyclic) bond motifs is 1. The van der Waals surface area contributed by atoms with Crippen molar-refractivity contribution in [2.75, 3.05) is 24.6 Å². The van der Waals surface area contributed by atoms with Gasteiger partial charge in [0.2, 0.25) is 0 Å². The Hall–Kier alpha value is -2.08. The molecular weight excluding hydrogens is 272 g/mol. The molecule has 2 aromatic rings. The molecule has 1 aliphatic heterocycles. The highest BCUT2D eigenvalue weighted by Crippen LogP contribution is 2.26. The number of hydrogen-bond acceptors (Lipinski definition) is 5. The van der Waals surface area contributed by atoms with Gasteiger partial charge >= 0.3 is 5.97 Å². The van der Waals surface area contributed by atoms with E-state index in [-0.39, 0.29) is 11.7 Å². The summed E-state index contributed by atoms with van der Waals surface area (Å²) in [6.07, 6.45) is 2.28. The minimum absolute atomic E-state index is 0.202. The number of piperidine rings is 1. The molecule has 0 spiro atoms. The number of aromatic nitrogens is 1. The largest absolute Gasteiger partial charge is 0.478 e. The Kier molecular flexibility index (Phi) is 3.79. The van der Waals surface area contributed by atoms with Crippen LogP contribution in [0.3, 0.4) is 0 Å². The van der Waals surface area contributed by atoms with Gasteiger partial charge in [0.1, 0.15) is 5.52 Å². The molecule has 0 amide bonds. The standard InChI is InChI=1S/C15H18N2O4/c1-2-20-11-4-3-7-17(9-11)15-16-12-6-5-10(14(18)19)8-13(12)21-15/h5-6,8,11H,2-4,7,9H2,1H3,(H,18,19). The summed E-state index contributed by atoms with van der Waals surface area (Å²) >= 11 is 0. The van der Waals surface area contributed by atoms with Gasteiger partial charge in [0.05, 0.1) is 11.7 Å². The molecule has 2 heterocycles. The lowest BCUT2D eigenvalue weighted by Crippen LogP contribution is -2.39. The van der Waals surface area contributed by atoms with E-state index in [1.165, 1.54) is 12.1 Å². The average molecular weight is 290 g/mol. The second-order valence-electron chi connectivity index (χ2n) is 5.15. The summed E-state index contributed by atoms with van der Waals surface area (Å²) in [6, 6.07) is 5.27. The maximum absolute atomic E-state index is 11.0. The third kappa shape index (κ3) is 2.85. The van der Waals surface area contributed by atoms with E-state index in [1.54, 1.807) is 6.07 Å². The van der Waals surface area contributed by atoms with Crippen molar-refractivity contribution in [2.24, 2.45) is 0 Å². The minimum Gasteiger partial charge on any atom is -0.478 e. The number of carboxylic acid groups (broad SMARTS) is 1. The van der Waals surface area contributed by atoms with E-state index < -0.39 is 5.97 Å². The van der Waals surface area contributed by atoms with E-state index in [0.717, 1.165) is 25.9 Å². The topological polar surface area (TPSA) is 75.8 Å². The Balaban J connectivity index is 1.85.